The summed E-state index contributed by atoms with van der Waals surface area (Å²) in [6.45, 7) is 0. The number of allylic oxidation sites excluding steroid dienone is 1. The van der Waals surface area contributed by atoms with Gasteiger partial charge in [0.2, 0.25) is 0 Å². The highest BCUT2D eigenvalue weighted by atomic mass is 19.4. The Kier molecular flexibility index (Phi) is 3.58. The highest BCUT2D eigenvalue weighted by Gasteiger charge is 2.21. The summed E-state index contributed by atoms with van der Waals surface area (Å²) in [4.78, 5) is 0. The molecule has 1 nitrogen and oxygen atoms in total. The predicted molar refractivity (Wildman–Crippen MR) is 51.6 cm³/mol. The van der Waals surface area contributed by atoms with Gasteiger partial charge in [0.1, 0.15) is 5.75 Å². The molecule has 0 spiro atoms. The fourth-order valence-electron chi connectivity index (χ4n) is 0.933. The SMILES string of the molecule is COc1ccc(C=C=CC(F)(F)F)cc1. The predicted octanol–water partition coefficient (Wildman–Crippen LogP) is 3.43. The van der Waals surface area contributed by atoms with Gasteiger partial charge in [-0.3, -0.25) is 0 Å². The molecule has 0 aliphatic carbocycles. The molecule has 0 saturated carbocycles. The molecule has 0 saturated heterocycles. The van der Waals surface area contributed by atoms with Gasteiger partial charge in [0, 0.05) is 0 Å². The number of halogens is 3. The van der Waals surface area contributed by atoms with Crippen molar-refractivity contribution in [2.75, 3.05) is 7.11 Å². The van der Waals surface area contributed by atoms with Crippen LogP contribution < -0.4 is 4.74 Å². The minimum Gasteiger partial charge on any atom is -0.497 e. The van der Waals surface area contributed by atoms with Crippen molar-refractivity contribution in [3.63, 3.8) is 0 Å². The summed E-state index contributed by atoms with van der Waals surface area (Å²) >= 11 is 0. The Morgan fingerprint density at radius 3 is 2.27 bits per heavy atom. The van der Waals surface area contributed by atoms with Gasteiger partial charge in [0.25, 0.3) is 0 Å². The maximum Gasteiger partial charge on any atom is 0.416 e. The number of ether oxygens (including phenoxy) is 1. The molecule has 0 atom stereocenters. The van der Waals surface area contributed by atoms with E-state index in [4.69, 9.17) is 4.74 Å². The van der Waals surface area contributed by atoms with E-state index in [1.54, 1.807) is 24.3 Å². The van der Waals surface area contributed by atoms with E-state index in [1.165, 1.54) is 13.2 Å². The van der Waals surface area contributed by atoms with Gasteiger partial charge >= 0.3 is 6.18 Å². The molecule has 80 valence electrons. The Balaban J connectivity index is 2.77. The first kappa shape index (κ1) is 11.4. The second kappa shape index (κ2) is 4.71. The zero-order valence-electron chi connectivity index (χ0n) is 8.01. The molecule has 1 aromatic carbocycles. The topological polar surface area (TPSA) is 9.23 Å². The van der Waals surface area contributed by atoms with Crippen LogP contribution >= 0.6 is 0 Å². The van der Waals surface area contributed by atoms with E-state index in [1.807, 2.05) is 0 Å². The summed E-state index contributed by atoms with van der Waals surface area (Å²) in [5.41, 5.74) is 2.70. The third kappa shape index (κ3) is 4.38. The molecule has 0 aromatic heterocycles. The summed E-state index contributed by atoms with van der Waals surface area (Å²) in [5.74, 6) is 0.659. The lowest BCUT2D eigenvalue weighted by atomic mass is 10.2. The van der Waals surface area contributed by atoms with E-state index in [9.17, 15) is 13.2 Å². The molecule has 0 aliphatic heterocycles. The van der Waals surface area contributed by atoms with Gasteiger partial charge in [-0.05, 0) is 23.8 Å². The molecule has 0 radical (unpaired) electrons. The average molecular weight is 214 g/mol. The molecule has 0 unspecified atom stereocenters. The van der Waals surface area contributed by atoms with Crippen molar-refractivity contribution in [1.29, 1.82) is 0 Å². The lowest BCUT2D eigenvalue weighted by molar-refractivity contribution is -0.0796. The van der Waals surface area contributed by atoms with Gasteiger partial charge in [-0.15, -0.1) is 5.73 Å². The molecule has 1 aromatic rings. The Bertz CT molecular complexity index is 370. The van der Waals surface area contributed by atoms with Crippen LogP contribution in [0.4, 0.5) is 13.2 Å². The molecule has 0 N–H and O–H groups in total. The van der Waals surface area contributed by atoms with Crippen LogP contribution in [-0.4, -0.2) is 13.3 Å². The first-order valence-electron chi connectivity index (χ1n) is 4.16. The Morgan fingerprint density at radius 2 is 1.80 bits per heavy atom. The van der Waals surface area contributed by atoms with Crippen LogP contribution in [0.25, 0.3) is 6.08 Å². The summed E-state index contributed by atoms with van der Waals surface area (Å²) in [5, 5.41) is 0. The van der Waals surface area contributed by atoms with Crippen LogP contribution in [0.3, 0.4) is 0 Å². The molecule has 1 rings (SSSR count). The third-order valence-electron chi connectivity index (χ3n) is 1.61. The monoisotopic (exact) mass is 214 g/mol. The first-order chi connectivity index (χ1) is 7.01. The van der Waals surface area contributed by atoms with Crippen LogP contribution in [0.2, 0.25) is 0 Å². The van der Waals surface area contributed by atoms with Crippen LogP contribution in [0.5, 0.6) is 5.75 Å². The number of hydrogen-bond donors (Lipinski definition) is 0. The van der Waals surface area contributed by atoms with Gasteiger partial charge < -0.3 is 4.74 Å². The Morgan fingerprint density at radius 1 is 1.20 bits per heavy atom. The minimum absolute atomic E-state index is 0.0667. The van der Waals surface area contributed by atoms with E-state index in [0.29, 0.717) is 11.3 Å². The molecular formula is C11H9F3O. The van der Waals surface area contributed by atoms with Crippen molar-refractivity contribution < 1.29 is 17.9 Å². The van der Waals surface area contributed by atoms with Crippen LogP contribution in [0, 0.1) is 0 Å². The zero-order chi connectivity index (χ0) is 11.3. The number of rotatable bonds is 2. The number of alkyl halides is 3. The molecule has 0 amide bonds. The van der Waals surface area contributed by atoms with Crippen LogP contribution in [0.15, 0.2) is 36.1 Å². The van der Waals surface area contributed by atoms with E-state index in [0.717, 1.165) is 0 Å². The standard InChI is InChI=1S/C11H9F3O/c1-15-10-6-4-9(5-7-10)3-2-8-11(12,13)14/h3-8H,1H3. The average Bonchev–Trinajstić information content (AvgIpc) is 2.17. The van der Waals surface area contributed by atoms with Crippen molar-refractivity contribution in [3.05, 3.63) is 41.6 Å². The van der Waals surface area contributed by atoms with Crippen molar-refractivity contribution in [2.24, 2.45) is 0 Å². The normalized spacial score (nSPS) is 10.4. The summed E-state index contributed by atoms with van der Waals surface area (Å²) in [7, 11) is 1.52. The largest absolute Gasteiger partial charge is 0.497 e. The van der Waals surface area contributed by atoms with Crippen LogP contribution in [0.1, 0.15) is 5.56 Å². The van der Waals surface area contributed by atoms with Crippen molar-refractivity contribution in [1.82, 2.24) is 0 Å². The van der Waals surface area contributed by atoms with Crippen molar-refractivity contribution in [3.8, 4) is 5.75 Å². The number of hydrogen-bond acceptors (Lipinski definition) is 1. The van der Waals surface area contributed by atoms with Crippen molar-refractivity contribution in [2.45, 2.75) is 6.18 Å². The maximum atomic E-state index is 11.7. The van der Waals surface area contributed by atoms with Gasteiger partial charge in [0.05, 0.1) is 13.2 Å². The minimum atomic E-state index is -4.32. The number of benzene rings is 1. The summed E-state index contributed by atoms with van der Waals surface area (Å²) in [6, 6.07) is 6.63. The summed E-state index contributed by atoms with van der Waals surface area (Å²) < 4.78 is 40.1. The molecule has 0 fully saturated rings. The van der Waals surface area contributed by atoms with Gasteiger partial charge in [-0.25, -0.2) is 0 Å². The fourth-order valence-corrected chi connectivity index (χ4v) is 0.933. The van der Waals surface area contributed by atoms with E-state index in [-0.39, 0.29) is 6.08 Å². The van der Waals surface area contributed by atoms with Gasteiger partial charge in [0.15, 0.2) is 0 Å². The molecule has 0 heterocycles. The number of methoxy groups -OCH3 is 1. The molecule has 15 heavy (non-hydrogen) atoms. The third-order valence-corrected chi connectivity index (χ3v) is 1.61. The molecular weight excluding hydrogens is 205 g/mol. The van der Waals surface area contributed by atoms with Gasteiger partial charge in [-0.1, -0.05) is 12.1 Å². The van der Waals surface area contributed by atoms with E-state index in [2.05, 4.69) is 5.73 Å². The van der Waals surface area contributed by atoms with Crippen molar-refractivity contribution >= 4 is 6.08 Å². The Labute approximate surface area is 85.5 Å². The molecule has 0 bridgehead atoms. The smallest absolute Gasteiger partial charge is 0.416 e. The highest BCUT2D eigenvalue weighted by molar-refractivity contribution is 5.50. The quantitative estimate of drug-likeness (QED) is 0.685. The molecule has 4 heteroatoms. The van der Waals surface area contributed by atoms with Crippen LogP contribution in [-0.2, 0) is 0 Å². The maximum absolute atomic E-state index is 11.7. The zero-order valence-corrected chi connectivity index (χ0v) is 8.01. The molecule has 0 aliphatic rings. The van der Waals surface area contributed by atoms with Gasteiger partial charge in [-0.2, -0.15) is 13.2 Å². The lowest BCUT2D eigenvalue weighted by Gasteiger charge is -1.98. The fraction of sp³-hybridized carbons (Fsp3) is 0.182. The highest BCUT2D eigenvalue weighted by Crippen LogP contribution is 2.16. The second-order valence-electron chi connectivity index (χ2n) is 2.77. The lowest BCUT2D eigenvalue weighted by Crippen LogP contribution is -1.99. The first-order valence-corrected chi connectivity index (χ1v) is 4.16. The van der Waals surface area contributed by atoms with E-state index >= 15 is 0 Å². The van der Waals surface area contributed by atoms with E-state index < -0.39 is 6.18 Å². The second-order valence-corrected chi connectivity index (χ2v) is 2.77. The Hall–Kier alpha value is -1.67. The summed E-state index contributed by atoms with van der Waals surface area (Å²) in [6.07, 6.45) is -2.99.